The standard InChI is InChI=1S/C12H10NO2PS/c14-16(15-10-6-2-1-3-7-10)13-11-8-4-5-9-12(11)17-16/h1-9H,(H,13,14). The van der Waals surface area contributed by atoms with Gasteiger partial charge < -0.3 is 4.52 Å². The van der Waals surface area contributed by atoms with Crippen LogP contribution in [0.4, 0.5) is 5.69 Å². The van der Waals surface area contributed by atoms with E-state index in [1.54, 1.807) is 12.1 Å². The maximum atomic E-state index is 12.5. The topological polar surface area (TPSA) is 38.3 Å². The Hall–Kier alpha value is -1.38. The van der Waals surface area contributed by atoms with E-state index in [9.17, 15) is 4.57 Å². The molecular weight excluding hydrogens is 253 g/mol. The smallest absolute Gasteiger partial charge is 0.404 e. The first kappa shape index (κ1) is 10.8. The minimum Gasteiger partial charge on any atom is -0.422 e. The first-order chi connectivity index (χ1) is 8.25. The molecule has 0 spiro atoms. The predicted molar refractivity (Wildman–Crippen MR) is 70.6 cm³/mol. The fraction of sp³-hybridized carbons (Fsp3) is 0. The van der Waals surface area contributed by atoms with Crippen LogP contribution in [0.1, 0.15) is 0 Å². The van der Waals surface area contributed by atoms with Crippen molar-refractivity contribution < 1.29 is 9.09 Å². The summed E-state index contributed by atoms with van der Waals surface area (Å²) in [5.74, 6) is 0.614. The Morgan fingerprint density at radius 2 is 1.71 bits per heavy atom. The van der Waals surface area contributed by atoms with Crippen LogP contribution in [-0.2, 0) is 4.57 Å². The van der Waals surface area contributed by atoms with Crippen molar-refractivity contribution in [2.45, 2.75) is 4.90 Å². The summed E-state index contributed by atoms with van der Waals surface area (Å²) in [5, 5.41) is 2.96. The van der Waals surface area contributed by atoms with Crippen LogP contribution in [0.15, 0.2) is 59.5 Å². The Balaban J connectivity index is 1.85. The van der Waals surface area contributed by atoms with Crippen molar-refractivity contribution in [2.75, 3.05) is 5.09 Å². The van der Waals surface area contributed by atoms with Crippen molar-refractivity contribution in [2.24, 2.45) is 0 Å². The van der Waals surface area contributed by atoms with Crippen molar-refractivity contribution in [3.63, 3.8) is 0 Å². The molecule has 3 nitrogen and oxygen atoms in total. The van der Waals surface area contributed by atoms with Crippen LogP contribution in [0, 0.1) is 0 Å². The maximum Gasteiger partial charge on any atom is 0.404 e. The summed E-state index contributed by atoms with van der Waals surface area (Å²) in [7, 11) is 0. The molecule has 0 aromatic heterocycles. The van der Waals surface area contributed by atoms with Crippen molar-refractivity contribution in [1.82, 2.24) is 0 Å². The van der Waals surface area contributed by atoms with Gasteiger partial charge in [0.1, 0.15) is 5.75 Å². The zero-order chi connectivity index (χ0) is 11.7. The second-order valence-electron chi connectivity index (χ2n) is 3.60. The minimum atomic E-state index is -2.91. The Labute approximate surface area is 103 Å². The van der Waals surface area contributed by atoms with E-state index < -0.39 is 6.72 Å². The van der Waals surface area contributed by atoms with Crippen LogP contribution in [0.5, 0.6) is 5.75 Å². The monoisotopic (exact) mass is 263 g/mol. The lowest BCUT2D eigenvalue weighted by Gasteiger charge is -2.12. The SMILES string of the molecule is O=P1(Oc2ccccc2)Nc2ccccc2S1. The molecule has 3 rings (SSSR count). The van der Waals surface area contributed by atoms with E-state index in [1.807, 2.05) is 42.5 Å². The molecule has 1 aliphatic heterocycles. The number of nitrogens with one attached hydrogen (secondary N) is 1. The van der Waals surface area contributed by atoms with E-state index in [-0.39, 0.29) is 0 Å². The molecular formula is C12H10NO2PS. The van der Waals surface area contributed by atoms with Gasteiger partial charge in [-0.15, -0.1) is 0 Å². The van der Waals surface area contributed by atoms with E-state index in [2.05, 4.69) is 5.09 Å². The Bertz CT molecular complexity index is 559. The molecule has 0 fully saturated rings. The minimum absolute atomic E-state index is 0.614. The van der Waals surface area contributed by atoms with Gasteiger partial charge >= 0.3 is 6.72 Å². The Kier molecular flexibility index (Phi) is 2.61. The summed E-state index contributed by atoms with van der Waals surface area (Å²) in [5.41, 5.74) is 0.872. The summed E-state index contributed by atoms with van der Waals surface area (Å²) in [6.45, 7) is -2.91. The van der Waals surface area contributed by atoms with Gasteiger partial charge in [0.2, 0.25) is 0 Å². The molecule has 5 heteroatoms. The summed E-state index contributed by atoms with van der Waals surface area (Å²) in [6, 6.07) is 16.9. The molecule has 2 aromatic carbocycles. The molecule has 2 aromatic rings. The fourth-order valence-electron chi connectivity index (χ4n) is 1.60. The summed E-state index contributed by atoms with van der Waals surface area (Å²) < 4.78 is 18.0. The van der Waals surface area contributed by atoms with Crippen molar-refractivity contribution in [1.29, 1.82) is 0 Å². The molecule has 0 amide bonds. The molecule has 1 N–H and O–H groups in total. The van der Waals surface area contributed by atoms with Gasteiger partial charge in [0.25, 0.3) is 0 Å². The highest BCUT2D eigenvalue weighted by Gasteiger charge is 2.34. The number of hydrogen-bond acceptors (Lipinski definition) is 3. The zero-order valence-corrected chi connectivity index (χ0v) is 10.6. The van der Waals surface area contributed by atoms with Gasteiger partial charge in [-0.25, -0.2) is 4.57 Å². The number of anilines is 1. The average molecular weight is 263 g/mol. The van der Waals surface area contributed by atoms with Gasteiger partial charge in [0.05, 0.1) is 5.69 Å². The number of hydrogen-bond donors (Lipinski definition) is 1. The third-order valence-electron chi connectivity index (χ3n) is 2.33. The number of benzene rings is 2. The van der Waals surface area contributed by atoms with Crippen LogP contribution in [-0.4, -0.2) is 0 Å². The summed E-state index contributed by atoms with van der Waals surface area (Å²) in [6.07, 6.45) is 0. The lowest BCUT2D eigenvalue weighted by atomic mass is 10.3. The quantitative estimate of drug-likeness (QED) is 0.815. The van der Waals surface area contributed by atoms with Gasteiger partial charge in [-0.3, -0.25) is 5.09 Å². The predicted octanol–water partition coefficient (Wildman–Crippen LogP) is 4.39. The lowest BCUT2D eigenvalue weighted by Crippen LogP contribution is -1.95. The molecule has 0 saturated carbocycles. The second-order valence-corrected chi connectivity index (χ2v) is 7.61. The largest absolute Gasteiger partial charge is 0.422 e. The third-order valence-corrected chi connectivity index (χ3v) is 5.90. The number of para-hydroxylation sites is 2. The molecule has 0 bridgehead atoms. The van der Waals surface area contributed by atoms with Gasteiger partial charge in [0.15, 0.2) is 0 Å². The molecule has 0 aliphatic carbocycles. The summed E-state index contributed by atoms with van der Waals surface area (Å²) in [4.78, 5) is 0.965. The van der Waals surface area contributed by atoms with Crippen LogP contribution >= 0.6 is 18.1 Å². The van der Waals surface area contributed by atoms with Gasteiger partial charge in [-0.1, -0.05) is 30.3 Å². The van der Waals surface area contributed by atoms with E-state index in [4.69, 9.17) is 4.52 Å². The molecule has 17 heavy (non-hydrogen) atoms. The lowest BCUT2D eigenvalue weighted by molar-refractivity contribution is 0.505. The highest BCUT2D eigenvalue weighted by Crippen LogP contribution is 2.68. The molecule has 1 aliphatic rings. The number of fused-ring (bicyclic) bond motifs is 1. The van der Waals surface area contributed by atoms with Crippen LogP contribution in [0.2, 0.25) is 0 Å². The van der Waals surface area contributed by atoms with Gasteiger partial charge in [0, 0.05) is 16.3 Å². The zero-order valence-electron chi connectivity index (χ0n) is 8.87. The Morgan fingerprint density at radius 1 is 1.00 bits per heavy atom. The van der Waals surface area contributed by atoms with E-state index in [0.717, 1.165) is 10.6 Å². The molecule has 1 atom stereocenters. The van der Waals surface area contributed by atoms with Crippen molar-refractivity contribution >= 4 is 23.8 Å². The second kappa shape index (κ2) is 4.13. The van der Waals surface area contributed by atoms with Crippen LogP contribution in [0.25, 0.3) is 0 Å². The van der Waals surface area contributed by atoms with E-state index in [1.165, 1.54) is 11.4 Å². The first-order valence-electron chi connectivity index (χ1n) is 5.17. The Morgan fingerprint density at radius 3 is 2.47 bits per heavy atom. The molecule has 86 valence electrons. The first-order valence-corrected chi connectivity index (χ1v) is 8.21. The number of rotatable bonds is 2. The molecule has 0 saturated heterocycles. The van der Waals surface area contributed by atoms with E-state index in [0.29, 0.717) is 5.75 Å². The van der Waals surface area contributed by atoms with Gasteiger partial charge in [-0.2, -0.15) is 0 Å². The van der Waals surface area contributed by atoms with Crippen molar-refractivity contribution in [3.05, 3.63) is 54.6 Å². The molecule has 1 unspecified atom stereocenters. The normalized spacial score (nSPS) is 21.6. The maximum absolute atomic E-state index is 12.5. The molecule has 0 radical (unpaired) electrons. The highest BCUT2D eigenvalue weighted by atomic mass is 32.7. The molecule has 1 heterocycles. The van der Waals surface area contributed by atoms with Crippen molar-refractivity contribution in [3.8, 4) is 5.75 Å². The highest BCUT2D eigenvalue weighted by molar-refractivity contribution is 8.57. The van der Waals surface area contributed by atoms with Crippen LogP contribution < -0.4 is 9.61 Å². The summed E-state index contributed by atoms with van der Waals surface area (Å²) >= 11 is 1.26. The fourth-order valence-corrected chi connectivity index (χ4v) is 5.37. The van der Waals surface area contributed by atoms with Gasteiger partial charge in [-0.05, 0) is 24.3 Å². The van der Waals surface area contributed by atoms with E-state index >= 15 is 0 Å². The third kappa shape index (κ3) is 2.19. The van der Waals surface area contributed by atoms with Crippen LogP contribution in [0.3, 0.4) is 0 Å². The average Bonchev–Trinajstić information content (AvgIpc) is 2.66.